The molecule has 1 fully saturated rings. The Hall–Kier alpha value is -3.88. The first-order chi connectivity index (χ1) is 14.6. The molecule has 3 aromatic heterocycles. The van der Waals surface area contributed by atoms with Crippen molar-refractivity contribution in [2.45, 2.75) is 25.7 Å². The van der Waals surface area contributed by atoms with Gasteiger partial charge in [-0.25, -0.2) is 14.4 Å². The SMILES string of the molecule is Cc1ccc(NC(=O)c2cn(-c3ncccc3-c3nc(C4CC4)no3)cn2)cc1F. The Balaban J connectivity index is 1.41. The second kappa shape index (κ2) is 7.18. The molecule has 4 aromatic rings. The molecule has 0 saturated heterocycles. The lowest BCUT2D eigenvalue weighted by atomic mass is 10.2. The summed E-state index contributed by atoms with van der Waals surface area (Å²) in [6.07, 6.45) is 6.80. The fourth-order valence-corrected chi connectivity index (χ4v) is 3.04. The van der Waals surface area contributed by atoms with Gasteiger partial charge >= 0.3 is 0 Å². The number of carbonyl (C=O) groups is 1. The molecule has 0 bridgehead atoms. The van der Waals surface area contributed by atoms with Crippen molar-refractivity contribution in [3.05, 3.63) is 72.0 Å². The van der Waals surface area contributed by atoms with Gasteiger partial charge < -0.3 is 9.84 Å². The summed E-state index contributed by atoms with van der Waals surface area (Å²) in [5.41, 5.74) is 1.67. The molecule has 1 aliphatic carbocycles. The zero-order valence-corrected chi connectivity index (χ0v) is 16.0. The van der Waals surface area contributed by atoms with E-state index in [1.807, 2.05) is 6.07 Å². The van der Waals surface area contributed by atoms with Crippen LogP contribution in [-0.4, -0.2) is 30.6 Å². The van der Waals surface area contributed by atoms with Crippen molar-refractivity contribution >= 4 is 11.6 Å². The van der Waals surface area contributed by atoms with Gasteiger partial charge in [0.25, 0.3) is 11.8 Å². The minimum absolute atomic E-state index is 0.164. The van der Waals surface area contributed by atoms with Crippen LogP contribution >= 0.6 is 0 Å². The average Bonchev–Trinajstić information content (AvgIpc) is 3.27. The Kier molecular flexibility index (Phi) is 4.35. The quantitative estimate of drug-likeness (QED) is 0.542. The molecule has 1 N–H and O–H groups in total. The van der Waals surface area contributed by atoms with Crippen LogP contribution in [0.2, 0.25) is 0 Å². The smallest absolute Gasteiger partial charge is 0.275 e. The molecule has 1 aliphatic rings. The number of anilines is 1. The van der Waals surface area contributed by atoms with Gasteiger partial charge in [-0.05, 0) is 49.6 Å². The van der Waals surface area contributed by atoms with Crippen molar-refractivity contribution in [2.75, 3.05) is 5.32 Å². The van der Waals surface area contributed by atoms with Crippen LogP contribution in [0.25, 0.3) is 17.3 Å². The number of imidazole rings is 1. The standard InChI is InChI=1S/C21H17FN6O2/c1-12-4-7-14(9-16(12)22)25-20(29)17-10-28(11-24-17)19-15(3-2-8-23-19)21-26-18(27-30-21)13-5-6-13/h2-4,7-11,13H,5-6H2,1H3,(H,25,29). The van der Waals surface area contributed by atoms with E-state index in [9.17, 15) is 9.18 Å². The highest BCUT2D eigenvalue weighted by atomic mass is 19.1. The maximum atomic E-state index is 13.7. The van der Waals surface area contributed by atoms with E-state index in [4.69, 9.17) is 4.52 Å². The maximum Gasteiger partial charge on any atom is 0.275 e. The number of nitrogens with zero attached hydrogens (tertiary/aromatic N) is 5. The van der Waals surface area contributed by atoms with E-state index in [1.54, 1.807) is 42.1 Å². The second-order valence-corrected chi connectivity index (χ2v) is 7.19. The number of carbonyl (C=O) groups excluding carboxylic acids is 1. The van der Waals surface area contributed by atoms with Gasteiger partial charge in [0.15, 0.2) is 11.6 Å². The summed E-state index contributed by atoms with van der Waals surface area (Å²) in [5, 5.41) is 6.69. The number of hydrogen-bond donors (Lipinski definition) is 1. The van der Waals surface area contributed by atoms with Crippen LogP contribution in [-0.2, 0) is 0 Å². The number of aryl methyl sites for hydroxylation is 1. The third-order valence-electron chi connectivity index (χ3n) is 4.89. The molecule has 150 valence electrons. The van der Waals surface area contributed by atoms with Crippen LogP contribution in [0.15, 0.2) is 53.6 Å². The lowest BCUT2D eigenvalue weighted by molar-refractivity contribution is 0.102. The summed E-state index contributed by atoms with van der Waals surface area (Å²) in [6, 6.07) is 8.10. The molecule has 1 aromatic carbocycles. The van der Waals surface area contributed by atoms with Gasteiger partial charge in [0.1, 0.15) is 17.8 Å². The van der Waals surface area contributed by atoms with E-state index >= 15 is 0 Å². The zero-order valence-electron chi connectivity index (χ0n) is 16.0. The highest BCUT2D eigenvalue weighted by Gasteiger charge is 2.29. The zero-order chi connectivity index (χ0) is 20.7. The van der Waals surface area contributed by atoms with Crippen molar-refractivity contribution in [2.24, 2.45) is 0 Å². The normalized spacial score (nSPS) is 13.4. The van der Waals surface area contributed by atoms with Gasteiger partial charge in [-0.15, -0.1) is 0 Å². The molecule has 1 amide bonds. The number of nitrogens with one attached hydrogen (secondary N) is 1. The predicted molar refractivity (Wildman–Crippen MR) is 106 cm³/mol. The van der Waals surface area contributed by atoms with Crippen LogP contribution in [0, 0.1) is 12.7 Å². The highest BCUT2D eigenvalue weighted by Crippen LogP contribution is 2.39. The average molecular weight is 404 g/mol. The number of aromatic nitrogens is 5. The van der Waals surface area contributed by atoms with E-state index in [0.29, 0.717) is 40.3 Å². The first kappa shape index (κ1) is 18.2. The molecule has 0 aliphatic heterocycles. The molecule has 8 nitrogen and oxygen atoms in total. The van der Waals surface area contributed by atoms with Gasteiger partial charge in [-0.1, -0.05) is 11.2 Å². The van der Waals surface area contributed by atoms with Crippen molar-refractivity contribution in [3.63, 3.8) is 0 Å². The molecule has 9 heteroatoms. The number of halogens is 1. The number of amides is 1. The number of rotatable bonds is 5. The fraction of sp³-hybridized carbons (Fsp3) is 0.190. The number of benzene rings is 1. The fourth-order valence-electron chi connectivity index (χ4n) is 3.04. The second-order valence-electron chi connectivity index (χ2n) is 7.19. The third kappa shape index (κ3) is 3.45. The molecular weight excluding hydrogens is 387 g/mol. The molecule has 0 radical (unpaired) electrons. The van der Waals surface area contributed by atoms with Crippen molar-refractivity contribution in [1.82, 2.24) is 24.7 Å². The van der Waals surface area contributed by atoms with E-state index in [-0.39, 0.29) is 11.5 Å². The molecular formula is C21H17FN6O2. The van der Waals surface area contributed by atoms with Crippen LogP contribution in [0.1, 0.15) is 40.6 Å². The van der Waals surface area contributed by atoms with Crippen LogP contribution < -0.4 is 5.32 Å². The summed E-state index contributed by atoms with van der Waals surface area (Å²) in [5.74, 6) is 1.12. The number of hydrogen-bond acceptors (Lipinski definition) is 6. The summed E-state index contributed by atoms with van der Waals surface area (Å²) < 4.78 is 20.8. The Bertz CT molecular complexity index is 1240. The molecule has 3 heterocycles. The van der Waals surface area contributed by atoms with Gasteiger partial charge in [0.2, 0.25) is 0 Å². The first-order valence-corrected chi connectivity index (χ1v) is 9.49. The summed E-state index contributed by atoms with van der Waals surface area (Å²) in [6.45, 7) is 1.66. The molecule has 0 atom stereocenters. The van der Waals surface area contributed by atoms with Gasteiger partial charge in [0, 0.05) is 24.0 Å². The van der Waals surface area contributed by atoms with Crippen LogP contribution in [0.4, 0.5) is 10.1 Å². The predicted octanol–water partition coefficient (Wildman–Crippen LogP) is 3.89. The third-order valence-corrected chi connectivity index (χ3v) is 4.89. The maximum absolute atomic E-state index is 13.7. The molecule has 0 unspecified atom stereocenters. The Morgan fingerprint density at radius 2 is 2.13 bits per heavy atom. The van der Waals surface area contributed by atoms with E-state index < -0.39 is 5.91 Å². The van der Waals surface area contributed by atoms with Crippen molar-refractivity contribution in [1.29, 1.82) is 0 Å². The van der Waals surface area contributed by atoms with Crippen LogP contribution in [0.3, 0.4) is 0 Å². The van der Waals surface area contributed by atoms with Crippen molar-refractivity contribution in [3.8, 4) is 17.3 Å². The van der Waals surface area contributed by atoms with Gasteiger partial charge in [0.05, 0.1) is 5.56 Å². The first-order valence-electron chi connectivity index (χ1n) is 9.49. The van der Waals surface area contributed by atoms with Crippen molar-refractivity contribution < 1.29 is 13.7 Å². The lowest BCUT2D eigenvalue weighted by Crippen LogP contribution is -2.12. The lowest BCUT2D eigenvalue weighted by Gasteiger charge is -2.05. The Labute approximate surface area is 170 Å². The minimum atomic E-state index is -0.455. The summed E-state index contributed by atoms with van der Waals surface area (Å²) >= 11 is 0. The Morgan fingerprint density at radius 3 is 2.93 bits per heavy atom. The largest absolute Gasteiger partial charge is 0.334 e. The molecule has 30 heavy (non-hydrogen) atoms. The molecule has 0 spiro atoms. The van der Waals surface area contributed by atoms with E-state index in [2.05, 4.69) is 25.4 Å². The summed E-state index contributed by atoms with van der Waals surface area (Å²) in [7, 11) is 0. The minimum Gasteiger partial charge on any atom is -0.334 e. The van der Waals surface area contributed by atoms with Gasteiger partial charge in [-0.3, -0.25) is 9.36 Å². The van der Waals surface area contributed by atoms with Gasteiger partial charge in [-0.2, -0.15) is 4.98 Å². The topological polar surface area (TPSA) is 98.7 Å². The van der Waals surface area contributed by atoms with E-state index in [1.165, 1.54) is 12.4 Å². The highest BCUT2D eigenvalue weighted by molar-refractivity contribution is 6.02. The van der Waals surface area contributed by atoms with E-state index in [0.717, 1.165) is 12.8 Å². The monoisotopic (exact) mass is 404 g/mol. The summed E-state index contributed by atoms with van der Waals surface area (Å²) in [4.78, 5) is 25.5. The number of pyridine rings is 1. The Morgan fingerprint density at radius 1 is 1.27 bits per heavy atom. The van der Waals surface area contributed by atoms with Crippen LogP contribution in [0.5, 0.6) is 0 Å². The molecule has 5 rings (SSSR count). The molecule has 1 saturated carbocycles.